The summed E-state index contributed by atoms with van der Waals surface area (Å²) in [4.78, 5) is 27.7. The summed E-state index contributed by atoms with van der Waals surface area (Å²) in [5.41, 5.74) is 0.244. The molecule has 0 aliphatic carbocycles. The van der Waals surface area contributed by atoms with Crippen LogP contribution in [-0.4, -0.2) is 44.3 Å². The van der Waals surface area contributed by atoms with Gasteiger partial charge in [-0.1, -0.05) is 49.4 Å². The van der Waals surface area contributed by atoms with E-state index in [-0.39, 0.29) is 23.5 Å². The molecule has 37 heavy (non-hydrogen) atoms. The van der Waals surface area contributed by atoms with Gasteiger partial charge in [0, 0.05) is 13.1 Å². The van der Waals surface area contributed by atoms with Gasteiger partial charge in [-0.2, -0.15) is 0 Å². The monoisotopic (exact) mass is 529 g/mol. The van der Waals surface area contributed by atoms with Crippen LogP contribution in [0.15, 0.2) is 83.8 Å². The highest BCUT2D eigenvalue weighted by atomic mass is 32.2. The number of amides is 2. The topological polar surface area (TPSA) is 86.8 Å². The third-order valence-corrected chi connectivity index (χ3v) is 7.51. The minimum absolute atomic E-state index is 0.0781. The third-order valence-electron chi connectivity index (χ3n) is 5.73. The molecule has 0 bridgehead atoms. The van der Waals surface area contributed by atoms with Crippen molar-refractivity contribution in [1.29, 1.82) is 0 Å². The molecule has 0 radical (unpaired) electrons. The predicted molar refractivity (Wildman–Crippen MR) is 137 cm³/mol. The first-order chi connectivity index (χ1) is 17.7. The standard InChI is InChI=1S/C27H29F2N3O4S/c1-3-24(27(34)30-4-2)31(18-20-14-16-21(28)17-15-20)26(33)19-32(25-13-9-8-12-23(25)29)37(35,36)22-10-6-5-7-11-22/h5-17,24H,3-4,18-19H2,1-2H3,(H,30,34). The molecule has 0 aromatic heterocycles. The average Bonchev–Trinajstić information content (AvgIpc) is 2.89. The minimum Gasteiger partial charge on any atom is -0.355 e. The van der Waals surface area contributed by atoms with Crippen molar-refractivity contribution in [1.82, 2.24) is 10.2 Å². The van der Waals surface area contributed by atoms with Gasteiger partial charge in [-0.15, -0.1) is 0 Å². The molecule has 0 spiro atoms. The number of hydrogen-bond acceptors (Lipinski definition) is 4. The first-order valence-electron chi connectivity index (χ1n) is 11.8. The van der Waals surface area contributed by atoms with E-state index in [4.69, 9.17) is 0 Å². The largest absolute Gasteiger partial charge is 0.355 e. The molecule has 0 aliphatic heterocycles. The van der Waals surface area contributed by atoms with Crippen LogP contribution in [-0.2, 0) is 26.2 Å². The second kappa shape index (κ2) is 12.4. The summed E-state index contributed by atoms with van der Waals surface area (Å²) in [5.74, 6) is -2.42. The Morgan fingerprint density at radius 2 is 1.51 bits per heavy atom. The van der Waals surface area contributed by atoms with Crippen LogP contribution in [0.25, 0.3) is 0 Å². The molecule has 7 nitrogen and oxygen atoms in total. The zero-order chi connectivity index (χ0) is 27.0. The van der Waals surface area contributed by atoms with Crippen molar-refractivity contribution in [3.05, 3.63) is 96.1 Å². The number of carbonyl (C=O) groups excluding carboxylic acids is 2. The summed E-state index contributed by atoms with van der Waals surface area (Å²) in [6.07, 6.45) is 0.240. The molecule has 0 fully saturated rings. The van der Waals surface area contributed by atoms with Crippen molar-refractivity contribution in [3.63, 3.8) is 0 Å². The molecule has 0 saturated carbocycles. The summed E-state index contributed by atoms with van der Waals surface area (Å²) in [6.45, 7) is 2.96. The Kier molecular flexibility index (Phi) is 9.35. The summed E-state index contributed by atoms with van der Waals surface area (Å²) in [6, 6.07) is 17.2. The molecule has 0 aliphatic rings. The van der Waals surface area contributed by atoms with Crippen LogP contribution in [0, 0.1) is 11.6 Å². The highest BCUT2D eigenvalue weighted by Crippen LogP contribution is 2.27. The number of anilines is 1. The second-order valence-electron chi connectivity index (χ2n) is 8.24. The summed E-state index contributed by atoms with van der Waals surface area (Å²) in [5, 5.41) is 2.69. The van der Waals surface area contributed by atoms with Crippen LogP contribution in [0.3, 0.4) is 0 Å². The quantitative estimate of drug-likeness (QED) is 0.405. The molecule has 0 heterocycles. The number of likely N-dealkylation sites (N-methyl/N-ethyl adjacent to an activating group) is 1. The van der Waals surface area contributed by atoms with Gasteiger partial charge >= 0.3 is 0 Å². The Morgan fingerprint density at radius 3 is 2.11 bits per heavy atom. The predicted octanol–water partition coefficient (Wildman–Crippen LogP) is 4.10. The number of rotatable bonds is 11. The van der Waals surface area contributed by atoms with E-state index >= 15 is 0 Å². The lowest BCUT2D eigenvalue weighted by Crippen LogP contribution is -2.52. The maximum atomic E-state index is 14.8. The van der Waals surface area contributed by atoms with Crippen LogP contribution in [0.2, 0.25) is 0 Å². The van der Waals surface area contributed by atoms with Crippen molar-refractivity contribution >= 4 is 27.5 Å². The summed E-state index contributed by atoms with van der Waals surface area (Å²) >= 11 is 0. The van der Waals surface area contributed by atoms with Gasteiger partial charge in [0.25, 0.3) is 10.0 Å². The number of nitrogens with one attached hydrogen (secondary N) is 1. The van der Waals surface area contributed by atoms with E-state index < -0.39 is 46.1 Å². The number of halogens is 2. The molecular weight excluding hydrogens is 500 g/mol. The fraction of sp³-hybridized carbons (Fsp3) is 0.259. The minimum atomic E-state index is -4.35. The van der Waals surface area contributed by atoms with Crippen molar-refractivity contribution in [2.45, 2.75) is 37.8 Å². The number of sulfonamides is 1. The van der Waals surface area contributed by atoms with E-state index in [0.29, 0.717) is 16.4 Å². The van der Waals surface area contributed by atoms with Gasteiger partial charge in [0.1, 0.15) is 24.2 Å². The lowest BCUT2D eigenvalue weighted by atomic mass is 10.1. The maximum Gasteiger partial charge on any atom is 0.264 e. The van der Waals surface area contributed by atoms with Gasteiger partial charge < -0.3 is 10.2 Å². The van der Waals surface area contributed by atoms with Crippen LogP contribution in [0.5, 0.6) is 0 Å². The van der Waals surface area contributed by atoms with Gasteiger partial charge in [-0.3, -0.25) is 13.9 Å². The molecule has 2 amide bonds. The van der Waals surface area contributed by atoms with E-state index in [9.17, 15) is 26.8 Å². The van der Waals surface area contributed by atoms with Crippen molar-refractivity contribution in [2.24, 2.45) is 0 Å². The first-order valence-corrected chi connectivity index (χ1v) is 13.3. The molecule has 10 heteroatoms. The molecule has 1 unspecified atom stereocenters. The molecule has 1 N–H and O–H groups in total. The highest BCUT2D eigenvalue weighted by molar-refractivity contribution is 7.92. The Balaban J connectivity index is 2.05. The van der Waals surface area contributed by atoms with Crippen LogP contribution in [0.4, 0.5) is 14.5 Å². The molecule has 0 saturated heterocycles. The van der Waals surface area contributed by atoms with Crippen LogP contribution in [0.1, 0.15) is 25.8 Å². The Hall–Kier alpha value is -3.79. The molecule has 3 aromatic rings. The van der Waals surface area contributed by atoms with E-state index in [2.05, 4.69) is 5.32 Å². The molecule has 1 atom stereocenters. The number of hydrogen-bond donors (Lipinski definition) is 1. The third kappa shape index (κ3) is 6.71. The zero-order valence-corrected chi connectivity index (χ0v) is 21.4. The van der Waals surface area contributed by atoms with E-state index in [1.165, 1.54) is 71.6 Å². The smallest absolute Gasteiger partial charge is 0.264 e. The van der Waals surface area contributed by atoms with Gasteiger partial charge in [-0.05, 0) is 55.3 Å². The fourth-order valence-corrected chi connectivity index (χ4v) is 5.33. The van der Waals surface area contributed by atoms with Gasteiger partial charge in [0.05, 0.1) is 10.6 Å². The number of benzene rings is 3. The Labute approximate surface area is 215 Å². The van der Waals surface area contributed by atoms with Crippen molar-refractivity contribution in [2.75, 3.05) is 17.4 Å². The van der Waals surface area contributed by atoms with Gasteiger partial charge in [0.2, 0.25) is 11.8 Å². The number of para-hydroxylation sites is 1. The van der Waals surface area contributed by atoms with Crippen molar-refractivity contribution in [3.8, 4) is 0 Å². The second-order valence-corrected chi connectivity index (χ2v) is 10.1. The average molecular weight is 530 g/mol. The molecular formula is C27H29F2N3O4S. The zero-order valence-electron chi connectivity index (χ0n) is 20.6. The number of nitrogens with zero attached hydrogens (tertiary/aromatic N) is 2. The number of carbonyl (C=O) groups is 2. The SMILES string of the molecule is CCNC(=O)C(CC)N(Cc1ccc(F)cc1)C(=O)CN(c1ccccc1F)S(=O)(=O)c1ccccc1. The molecule has 196 valence electrons. The Bertz CT molecular complexity index is 1320. The van der Waals surface area contributed by atoms with E-state index in [1.54, 1.807) is 19.9 Å². The maximum absolute atomic E-state index is 14.8. The first kappa shape index (κ1) is 27.8. The van der Waals surface area contributed by atoms with E-state index in [1.807, 2.05) is 0 Å². The van der Waals surface area contributed by atoms with Crippen LogP contribution < -0.4 is 9.62 Å². The summed E-state index contributed by atoms with van der Waals surface area (Å²) in [7, 11) is -4.35. The lowest BCUT2D eigenvalue weighted by molar-refractivity contribution is -0.140. The normalized spacial score (nSPS) is 12.0. The molecule has 3 rings (SSSR count). The van der Waals surface area contributed by atoms with Gasteiger partial charge in [0.15, 0.2) is 0 Å². The summed E-state index contributed by atoms with van der Waals surface area (Å²) < 4.78 is 56.2. The van der Waals surface area contributed by atoms with Crippen molar-refractivity contribution < 1.29 is 26.8 Å². The molecule has 3 aromatic carbocycles. The Morgan fingerprint density at radius 1 is 0.892 bits per heavy atom. The fourth-order valence-electron chi connectivity index (χ4n) is 3.89. The van der Waals surface area contributed by atoms with E-state index in [0.717, 1.165) is 6.07 Å². The van der Waals surface area contributed by atoms with Gasteiger partial charge in [-0.25, -0.2) is 17.2 Å². The lowest BCUT2D eigenvalue weighted by Gasteiger charge is -2.33. The van der Waals surface area contributed by atoms with Crippen LogP contribution >= 0.6 is 0 Å². The highest BCUT2D eigenvalue weighted by Gasteiger charge is 2.34.